The molecule has 1 saturated heterocycles. The summed E-state index contributed by atoms with van der Waals surface area (Å²) in [6, 6.07) is 7.47. The number of benzene rings is 1. The molecule has 0 aliphatic carbocycles. The van der Waals surface area contributed by atoms with Crippen LogP contribution in [0.1, 0.15) is 32.3 Å². The van der Waals surface area contributed by atoms with Crippen molar-refractivity contribution < 1.29 is 14.3 Å². The summed E-state index contributed by atoms with van der Waals surface area (Å²) in [7, 11) is 0. The molecule has 1 fully saturated rings. The molecule has 1 aromatic rings. The number of aldehydes is 1. The summed E-state index contributed by atoms with van der Waals surface area (Å²) in [4.78, 5) is 25.1. The van der Waals surface area contributed by atoms with Crippen LogP contribution < -0.4 is 5.73 Å². The standard InChI is InChI=1S/C16H22N2O3/c1-16(2,3)21-15(20)18-8-11(10-19)13(9-18)12-6-4-5-7-14(12)17/h4-7,10-11,13H,8-9,17H2,1-3H3/t11-,13+/m1/s1. The van der Waals surface area contributed by atoms with Gasteiger partial charge in [-0.2, -0.15) is 0 Å². The van der Waals surface area contributed by atoms with Crippen LogP contribution in [0.2, 0.25) is 0 Å². The zero-order chi connectivity index (χ0) is 15.6. The molecule has 0 spiro atoms. The number of amides is 1. The lowest BCUT2D eigenvalue weighted by Crippen LogP contribution is -2.35. The van der Waals surface area contributed by atoms with Crippen molar-refractivity contribution in [3.63, 3.8) is 0 Å². The molecule has 1 aromatic carbocycles. The molecule has 5 nitrogen and oxygen atoms in total. The molecule has 1 aliphatic rings. The Bertz CT molecular complexity index is 537. The molecule has 21 heavy (non-hydrogen) atoms. The van der Waals surface area contributed by atoms with E-state index in [0.717, 1.165) is 11.8 Å². The summed E-state index contributed by atoms with van der Waals surface area (Å²) in [5, 5.41) is 0. The molecule has 2 atom stereocenters. The number of anilines is 1. The maximum absolute atomic E-state index is 12.1. The fourth-order valence-electron chi connectivity index (χ4n) is 2.62. The lowest BCUT2D eigenvalue weighted by molar-refractivity contribution is -0.111. The third kappa shape index (κ3) is 3.54. The summed E-state index contributed by atoms with van der Waals surface area (Å²) in [6.07, 6.45) is 0.521. The molecule has 1 heterocycles. The van der Waals surface area contributed by atoms with E-state index in [1.165, 1.54) is 0 Å². The number of hydrogen-bond donors (Lipinski definition) is 1. The number of likely N-dealkylation sites (tertiary alicyclic amines) is 1. The lowest BCUT2D eigenvalue weighted by atomic mass is 9.89. The van der Waals surface area contributed by atoms with E-state index in [2.05, 4.69) is 0 Å². The summed E-state index contributed by atoms with van der Waals surface area (Å²) in [5.41, 5.74) is 7.02. The van der Waals surface area contributed by atoms with Crippen molar-refractivity contribution >= 4 is 18.1 Å². The van der Waals surface area contributed by atoms with E-state index < -0.39 is 5.60 Å². The average molecular weight is 290 g/mol. The van der Waals surface area contributed by atoms with Gasteiger partial charge in [0.25, 0.3) is 0 Å². The van der Waals surface area contributed by atoms with Crippen LogP contribution in [0.3, 0.4) is 0 Å². The van der Waals surface area contributed by atoms with E-state index in [9.17, 15) is 9.59 Å². The normalized spacial score (nSPS) is 22.1. The summed E-state index contributed by atoms with van der Waals surface area (Å²) < 4.78 is 5.37. The SMILES string of the molecule is CC(C)(C)OC(=O)N1C[C@H](c2ccccc2N)[C@@H](C=O)C1. The van der Waals surface area contributed by atoms with Gasteiger partial charge in [0.1, 0.15) is 11.9 Å². The van der Waals surface area contributed by atoms with E-state index in [4.69, 9.17) is 10.5 Å². The summed E-state index contributed by atoms with van der Waals surface area (Å²) in [6.45, 7) is 6.30. The first-order chi connectivity index (χ1) is 9.81. The van der Waals surface area contributed by atoms with E-state index in [1.807, 2.05) is 45.0 Å². The Morgan fingerprint density at radius 3 is 2.57 bits per heavy atom. The number of para-hydroxylation sites is 1. The third-order valence-electron chi connectivity index (χ3n) is 3.59. The molecule has 0 unspecified atom stereocenters. The van der Waals surface area contributed by atoms with E-state index in [0.29, 0.717) is 18.8 Å². The number of ether oxygens (including phenoxy) is 1. The fraction of sp³-hybridized carbons (Fsp3) is 0.500. The highest BCUT2D eigenvalue weighted by atomic mass is 16.6. The first kappa shape index (κ1) is 15.4. The van der Waals surface area contributed by atoms with Crippen molar-refractivity contribution in [2.75, 3.05) is 18.8 Å². The van der Waals surface area contributed by atoms with Crippen LogP contribution in [0.5, 0.6) is 0 Å². The molecular weight excluding hydrogens is 268 g/mol. The van der Waals surface area contributed by atoms with Gasteiger partial charge in [-0.25, -0.2) is 4.79 Å². The highest BCUT2D eigenvalue weighted by Gasteiger charge is 2.38. The Labute approximate surface area is 125 Å². The van der Waals surface area contributed by atoms with Gasteiger partial charge in [-0.05, 0) is 32.4 Å². The van der Waals surface area contributed by atoms with Gasteiger partial charge in [-0.3, -0.25) is 0 Å². The third-order valence-corrected chi connectivity index (χ3v) is 3.59. The van der Waals surface area contributed by atoms with Crippen molar-refractivity contribution in [1.82, 2.24) is 4.90 Å². The zero-order valence-corrected chi connectivity index (χ0v) is 12.7. The molecule has 0 saturated carbocycles. The summed E-state index contributed by atoms with van der Waals surface area (Å²) in [5.74, 6) is -0.321. The first-order valence-corrected chi connectivity index (χ1v) is 7.09. The summed E-state index contributed by atoms with van der Waals surface area (Å²) >= 11 is 0. The second-order valence-corrected chi connectivity index (χ2v) is 6.42. The smallest absolute Gasteiger partial charge is 0.410 e. The Morgan fingerprint density at radius 2 is 2.00 bits per heavy atom. The van der Waals surface area contributed by atoms with Crippen LogP contribution in [-0.2, 0) is 9.53 Å². The minimum absolute atomic E-state index is 0.0729. The van der Waals surface area contributed by atoms with Crippen molar-refractivity contribution in [3.8, 4) is 0 Å². The number of nitrogens with two attached hydrogens (primary N) is 1. The topological polar surface area (TPSA) is 72.6 Å². The molecule has 0 aromatic heterocycles. The molecule has 2 N–H and O–H groups in total. The van der Waals surface area contributed by atoms with Gasteiger partial charge in [0.05, 0.1) is 0 Å². The van der Waals surface area contributed by atoms with Gasteiger partial charge in [0, 0.05) is 30.6 Å². The molecule has 1 amide bonds. The average Bonchev–Trinajstić information content (AvgIpc) is 2.81. The maximum atomic E-state index is 12.1. The number of nitrogen functional groups attached to an aromatic ring is 1. The molecule has 0 radical (unpaired) electrons. The van der Waals surface area contributed by atoms with Gasteiger partial charge in [-0.15, -0.1) is 0 Å². The van der Waals surface area contributed by atoms with Gasteiger partial charge in [0.15, 0.2) is 0 Å². The van der Waals surface area contributed by atoms with Crippen molar-refractivity contribution in [3.05, 3.63) is 29.8 Å². The van der Waals surface area contributed by atoms with Gasteiger partial charge in [0.2, 0.25) is 0 Å². The maximum Gasteiger partial charge on any atom is 0.410 e. The molecule has 0 bridgehead atoms. The number of rotatable bonds is 2. The number of hydrogen-bond acceptors (Lipinski definition) is 4. The predicted octanol–water partition coefficient (Wildman–Crippen LogP) is 2.42. The Morgan fingerprint density at radius 1 is 1.33 bits per heavy atom. The quantitative estimate of drug-likeness (QED) is 0.670. The monoisotopic (exact) mass is 290 g/mol. The van der Waals surface area contributed by atoms with Gasteiger partial charge in [-0.1, -0.05) is 18.2 Å². The van der Waals surface area contributed by atoms with Crippen LogP contribution in [0.25, 0.3) is 0 Å². The van der Waals surface area contributed by atoms with Crippen LogP contribution in [-0.4, -0.2) is 36.0 Å². The van der Waals surface area contributed by atoms with E-state index >= 15 is 0 Å². The van der Waals surface area contributed by atoms with Crippen molar-refractivity contribution in [2.45, 2.75) is 32.3 Å². The highest BCUT2D eigenvalue weighted by molar-refractivity contribution is 5.71. The van der Waals surface area contributed by atoms with E-state index in [1.54, 1.807) is 4.90 Å². The van der Waals surface area contributed by atoms with Crippen molar-refractivity contribution in [1.29, 1.82) is 0 Å². The second-order valence-electron chi connectivity index (χ2n) is 6.42. The van der Waals surface area contributed by atoms with Gasteiger partial charge < -0.3 is 20.2 Å². The Hall–Kier alpha value is -2.04. The first-order valence-electron chi connectivity index (χ1n) is 7.09. The minimum Gasteiger partial charge on any atom is -0.444 e. The second kappa shape index (κ2) is 5.76. The molecule has 1 aliphatic heterocycles. The Balaban J connectivity index is 2.17. The van der Waals surface area contributed by atoms with Crippen molar-refractivity contribution in [2.24, 2.45) is 5.92 Å². The number of nitrogens with zero attached hydrogens (tertiary/aromatic N) is 1. The number of carbonyl (C=O) groups excluding carboxylic acids is 2. The molecular formula is C16H22N2O3. The predicted molar refractivity (Wildman–Crippen MR) is 81.0 cm³/mol. The lowest BCUT2D eigenvalue weighted by Gasteiger charge is -2.24. The van der Waals surface area contributed by atoms with Crippen LogP contribution in [0, 0.1) is 5.92 Å². The minimum atomic E-state index is -0.544. The Kier molecular flexibility index (Phi) is 4.21. The molecule has 5 heteroatoms. The zero-order valence-electron chi connectivity index (χ0n) is 12.7. The highest BCUT2D eigenvalue weighted by Crippen LogP contribution is 2.35. The van der Waals surface area contributed by atoms with Gasteiger partial charge >= 0.3 is 6.09 Å². The molecule has 2 rings (SSSR count). The largest absolute Gasteiger partial charge is 0.444 e. The van der Waals surface area contributed by atoms with Crippen LogP contribution in [0.15, 0.2) is 24.3 Å². The molecule has 114 valence electrons. The fourth-order valence-corrected chi connectivity index (χ4v) is 2.62. The van der Waals surface area contributed by atoms with Crippen LogP contribution >= 0.6 is 0 Å². The number of carbonyl (C=O) groups is 2. The van der Waals surface area contributed by atoms with E-state index in [-0.39, 0.29) is 17.9 Å². The van der Waals surface area contributed by atoms with Crippen LogP contribution in [0.4, 0.5) is 10.5 Å².